The second-order valence-corrected chi connectivity index (χ2v) is 7.05. The molecule has 1 aromatic rings. The van der Waals surface area contributed by atoms with Gasteiger partial charge in [0.25, 0.3) is 0 Å². The molecule has 5 heteroatoms. The zero-order valence-corrected chi connectivity index (χ0v) is 14.7. The van der Waals surface area contributed by atoms with Crippen molar-refractivity contribution in [3.05, 3.63) is 29.8 Å². The Morgan fingerprint density at radius 2 is 1.92 bits per heavy atom. The van der Waals surface area contributed by atoms with Crippen LogP contribution in [0.3, 0.4) is 0 Å². The van der Waals surface area contributed by atoms with Crippen LogP contribution in [0.25, 0.3) is 0 Å². The van der Waals surface area contributed by atoms with E-state index in [0.29, 0.717) is 6.54 Å². The number of ether oxygens (including phenoxy) is 1. The van der Waals surface area contributed by atoms with Crippen LogP contribution in [0, 0.1) is 12.8 Å². The predicted octanol–water partition coefficient (Wildman–Crippen LogP) is 1.98. The monoisotopic (exact) mass is 331 g/mol. The summed E-state index contributed by atoms with van der Waals surface area (Å²) < 4.78 is 5.41. The highest BCUT2D eigenvalue weighted by atomic mass is 16.5. The third-order valence-corrected chi connectivity index (χ3v) is 5.00. The summed E-state index contributed by atoms with van der Waals surface area (Å²) in [7, 11) is 0. The van der Waals surface area contributed by atoms with Gasteiger partial charge in [0.05, 0.1) is 19.8 Å². The number of piperidine rings is 1. The van der Waals surface area contributed by atoms with Gasteiger partial charge in [-0.25, -0.2) is 0 Å². The van der Waals surface area contributed by atoms with E-state index in [0.717, 1.165) is 56.6 Å². The number of rotatable bonds is 5. The van der Waals surface area contributed by atoms with Crippen molar-refractivity contribution in [2.24, 2.45) is 5.92 Å². The Bertz CT molecular complexity index is 535. The predicted molar refractivity (Wildman–Crippen MR) is 96.2 cm³/mol. The van der Waals surface area contributed by atoms with Crippen LogP contribution in [0.1, 0.15) is 18.4 Å². The lowest BCUT2D eigenvalue weighted by Crippen LogP contribution is -2.44. The molecule has 132 valence electrons. The third-order valence-electron chi connectivity index (χ3n) is 5.00. The van der Waals surface area contributed by atoms with Crippen LogP contribution in [0.5, 0.6) is 0 Å². The van der Waals surface area contributed by atoms with Gasteiger partial charge in [-0.3, -0.25) is 14.6 Å². The number of hydrogen-bond acceptors (Lipinski definition) is 4. The molecular weight excluding hydrogens is 302 g/mol. The highest BCUT2D eigenvalue weighted by Crippen LogP contribution is 2.19. The van der Waals surface area contributed by atoms with Crippen molar-refractivity contribution in [2.45, 2.75) is 19.8 Å². The molecule has 0 saturated carbocycles. The van der Waals surface area contributed by atoms with Crippen LogP contribution in [-0.4, -0.2) is 68.2 Å². The maximum absolute atomic E-state index is 12.2. The number of carbonyl (C=O) groups is 1. The fourth-order valence-electron chi connectivity index (χ4n) is 3.60. The second kappa shape index (κ2) is 8.60. The number of amides is 1. The summed E-state index contributed by atoms with van der Waals surface area (Å²) in [6.07, 6.45) is 2.38. The van der Waals surface area contributed by atoms with E-state index >= 15 is 0 Å². The van der Waals surface area contributed by atoms with Crippen molar-refractivity contribution < 1.29 is 9.53 Å². The number of morpholine rings is 1. The number of hydrogen-bond donors (Lipinski definition) is 1. The first kappa shape index (κ1) is 17.4. The molecule has 2 aliphatic heterocycles. The van der Waals surface area contributed by atoms with Crippen LogP contribution >= 0.6 is 0 Å². The molecule has 0 atom stereocenters. The highest BCUT2D eigenvalue weighted by Gasteiger charge is 2.23. The molecule has 0 radical (unpaired) electrons. The second-order valence-electron chi connectivity index (χ2n) is 7.05. The van der Waals surface area contributed by atoms with E-state index in [4.69, 9.17) is 4.74 Å². The summed E-state index contributed by atoms with van der Waals surface area (Å²) in [6.45, 7) is 9.65. The van der Waals surface area contributed by atoms with Gasteiger partial charge < -0.3 is 10.1 Å². The molecule has 0 aliphatic carbocycles. The molecule has 0 aromatic heterocycles. The van der Waals surface area contributed by atoms with E-state index in [1.807, 2.05) is 31.2 Å². The Balaban J connectivity index is 1.37. The lowest BCUT2D eigenvalue weighted by molar-refractivity contribution is -0.117. The van der Waals surface area contributed by atoms with Crippen molar-refractivity contribution in [1.29, 1.82) is 0 Å². The smallest absolute Gasteiger partial charge is 0.238 e. The first-order valence-corrected chi connectivity index (χ1v) is 9.08. The lowest BCUT2D eigenvalue weighted by atomic mass is 9.96. The molecule has 1 N–H and O–H groups in total. The summed E-state index contributed by atoms with van der Waals surface area (Å²) in [6, 6.07) is 7.96. The van der Waals surface area contributed by atoms with E-state index < -0.39 is 0 Å². The van der Waals surface area contributed by atoms with E-state index in [-0.39, 0.29) is 5.91 Å². The van der Waals surface area contributed by atoms with Crippen LogP contribution < -0.4 is 5.32 Å². The van der Waals surface area contributed by atoms with Crippen molar-refractivity contribution in [3.8, 4) is 0 Å². The molecule has 24 heavy (non-hydrogen) atoms. The van der Waals surface area contributed by atoms with Crippen molar-refractivity contribution in [3.63, 3.8) is 0 Å². The molecule has 3 rings (SSSR count). The van der Waals surface area contributed by atoms with E-state index in [2.05, 4.69) is 15.1 Å². The summed E-state index contributed by atoms with van der Waals surface area (Å²) in [5, 5.41) is 3.00. The quantitative estimate of drug-likeness (QED) is 0.896. The van der Waals surface area contributed by atoms with E-state index in [9.17, 15) is 4.79 Å². The minimum absolute atomic E-state index is 0.0900. The molecule has 2 fully saturated rings. The van der Waals surface area contributed by atoms with Gasteiger partial charge in [0.2, 0.25) is 5.91 Å². The maximum atomic E-state index is 12.2. The first-order valence-electron chi connectivity index (χ1n) is 9.08. The number of nitrogens with one attached hydrogen (secondary N) is 1. The van der Waals surface area contributed by atoms with E-state index in [1.54, 1.807) is 0 Å². The number of likely N-dealkylation sites (tertiary alicyclic amines) is 1. The molecule has 2 saturated heterocycles. The van der Waals surface area contributed by atoms with Crippen molar-refractivity contribution in [1.82, 2.24) is 9.80 Å². The Morgan fingerprint density at radius 1 is 1.17 bits per heavy atom. The first-order chi connectivity index (χ1) is 11.7. The summed E-state index contributed by atoms with van der Waals surface area (Å²) in [5.74, 6) is 0.853. The van der Waals surface area contributed by atoms with Gasteiger partial charge in [-0.05, 0) is 56.5 Å². The SMILES string of the molecule is Cc1cccc(NC(=O)CN2CCC(CN3CCOCC3)CC2)c1. The molecule has 1 aromatic carbocycles. The molecule has 0 spiro atoms. The van der Waals surface area contributed by atoms with Crippen LogP contribution in [0.4, 0.5) is 5.69 Å². The maximum Gasteiger partial charge on any atom is 0.238 e. The molecule has 5 nitrogen and oxygen atoms in total. The van der Waals surface area contributed by atoms with Gasteiger partial charge in [-0.2, -0.15) is 0 Å². The third kappa shape index (κ3) is 5.30. The Morgan fingerprint density at radius 3 is 2.62 bits per heavy atom. The standard InChI is InChI=1S/C19H29N3O2/c1-16-3-2-4-18(13-16)20-19(23)15-21-7-5-17(6-8-21)14-22-9-11-24-12-10-22/h2-4,13,17H,5-12,14-15H2,1H3,(H,20,23). The van der Waals surface area contributed by atoms with Crippen LogP contribution in [-0.2, 0) is 9.53 Å². The number of aryl methyl sites for hydroxylation is 1. The van der Waals surface area contributed by atoms with Crippen LogP contribution in [0.15, 0.2) is 24.3 Å². The fraction of sp³-hybridized carbons (Fsp3) is 0.632. The molecular formula is C19H29N3O2. The van der Waals surface area contributed by atoms with Gasteiger partial charge in [-0.1, -0.05) is 12.1 Å². The lowest BCUT2D eigenvalue weighted by Gasteiger charge is -2.35. The van der Waals surface area contributed by atoms with Crippen LogP contribution in [0.2, 0.25) is 0 Å². The minimum atomic E-state index is 0.0900. The zero-order valence-electron chi connectivity index (χ0n) is 14.7. The molecule has 2 heterocycles. The topological polar surface area (TPSA) is 44.8 Å². The fourth-order valence-corrected chi connectivity index (χ4v) is 3.60. The number of benzene rings is 1. The molecule has 2 aliphatic rings. The molecule has 0 unspecified atom stereocenters. The Labute approximate surface area is 145 Å². The van der Waals surface area contributed by atoms with Gasteiger partial charge in [0, 0.05) is 25.3 Å². The van der Waals surface area contributed by atoms with Crippen molar-refractivity contribution in [2.75, 3.05) is 57.8 Å². The number of nitrogens with zero attached hydrogens (tertiary/aromatic N) is 2. The molecule has 1 amide bonds. The van der Waals surface area contributed by atoms with Crippen molar-refractivity contribution >= 4 is 11.6 Å². The molecule has 0 bridgehead atoms. The van der Waals surface area contributed by atoms with Gasteiger partial charge >= 0.3 is 0 Å². The summed E-state index contributed by atoms with van der Waals surface area (Å²) >= 11 is 0. The normalized spacial score (nSPS) is 20.9. The average molecular weight is 331 g/mol. The largest absolute Gasteiger partial charge is 0.379 e. The summed E-state index contributed by atoms with van der Waals surface area (Å²) in [5.41, 5.74) is 2.05. The van der Waals surface area contributed by atoms with Gasteiger partial charge in [-0.15, -0.1) is 0 Å². The zero-order chi connectivity index (χ0) is 16.8. The Hall–Kier alpha value is -1.43. The average Bonchev–Trinajstić information content (AvgIpc) is 2.57. The number of carbonyl (C=O) groups excluding carboxylic acids is 1. The number of anilines is 1. The van der Waals surface area contributed by atoms with Gasteiger partial charge in [0.15, 0.2) is 0 Å². The summed E-state index contributed by atoms with van der Waals surface area (Å²) in [4.78, 5) is 17.0. The Kier molecular flexibility index (Phi) is 6.24. The highest BCUT2D eigenvalue weighted by molar-refractivity contribution is 5.92. The van der Waals surface area contributed by atoms with E-state index in [1.165, 1.54) is 19.4 Å². The van der Waals surface area contributed by atoms with Gasteiger partial charge in [0.1, 0.15) is 0 Å². The minimum Gasteiger partial charge on any atom is -0.379 e.